The number of fused-ring (bicyclic) bond motifs is 1. The van der Waals surface area contributed by atoms with E-state index in [0.29, 0.717) is 5.39 Å². The first kappa shape index (κ1) is 14.4. The molecule has 6 heteroatoms. The molecule has 0 saturated heterocycles. The largest absolute Gasteiger partial charge is 0.288 e. The van der Waals surface area contributed by atoms with Crippen molar-refractivity contribution in [3.05, 3.63) is 52.6 Å². The van der Waals surface area contributed by atoms with Gasteiger partial charge in [-0.3, -0.25) is 9.36 Å². The van der Waals surface area contributed by atoms with Crippen molar-refractivity contribution in [2.75, 3.05) is 0 Å². The lowest BCUT2D eigenvalue weighted by molar-refractivity contribution is 0.497. The smallest absolute Gasteiger partial charge is 0.261 e. The molecule has 0 fully saturated rings. The van der Waals surface area contributed by atoms with E-state index in [0.717, 1.165) is 29.9 Å². The third-order valence-electron chi connectivity index (χ3n) is 3.81. The molecule has 3 aromatic rings. The topological polar surface area (TPSA) is 65.6 Å². The maximum atomic E-state index is 12.7. The van der Waals surface area contributed by atoms with Gasteiger partial charge in [0.05, 0.1) is 23.3 Å². The van der Waals surface area contributed by atoms with E-state index in [4.69, 9.17) is 0 Å². The highest BCUT2D eigenvalue weighted by molar-refractivity contribution is 5.77. The summed E-state index contributed by atoms with van der Waals surface area (Å²) in [6, 6.07) is 5.48. The molecule has 6 nitrogen and oxygen atoms in total. The SMILES string of the molecule is CCCn1ncnc1[C@@H](C)n1cnc2cc(C)ccc2c1=O. The van der Waals surface area contributed by atoms with Gasteiger partial charge in [-0.1, -0.05) is 13.0 Å². The zero-order valence-electron chi connectivity index (χ0n) is 13.0. The highest BCUT2D eigenvalue weighted by atomic mass is 16.1. The Hall–Kier alpha value is -2.50. The third-order valence-corrected chi connectivity index (χ3v) is 3.81. The average Bonchev–Trinajstić information content (AvgIpc) is 2.95. The van der Waals surface area contributed by atoms with Crippen LogP contribution in [0.3, 0.4) is 0 Å². The van der Waals surface area contributed by atoms with Crippen LogP contribution in [0.15, 0.2) is 35.6 Å². The van der Waals surface area contributed by atoms with Crippen LogP contribution in [0.25, 0.3) is 10.9 Å². The molecule has 0 aliphatic rings. The summed E-state index contributed by atoms with van der Waals surface area (Å²) in [5.41, 5.74) is 1.76. The molecule has 22 heavy (non-hydrogen) atoms. The summed E-state index contributed by atoms with van der Waals surface area (Å²) in [4.78, 5) is 21.4. The number of hydrogen-bond donors (Lipinski definition) is 0. The molecular formula is C16H19N5O. The van der Waals surface area contributed by atoms with Crippen molar-refractivity contribution in [1.82, 2.24) is 24.3 Å². The van der Waals surface area contributed by atoms with Crippen LogP contribution in [0.5, 0.6) is 0 Å². The van der Waals surface area contributed by atoms with Crippen molar-refractivity contribution < 1.29 is 0 Å². The molecule has 0 aliphatic heterocycles. The normalized spacial score (nSPS) is 12.7. The minimum Gasteiger partial charge on any atom is -0.288 e. The highest BCUT2D eigenvalue weighted by Gasteiger charge is 2.17. The Labute approximate surface area is 128 Å². The summed E-state index contributed by atoms with van der Waals surface area (Å²) >= 11 is 0. The Morgan fingerprint density at radius 1 is 1.27 bits per heavy atom. The molecule has 0 spiro atoms. The highest BCUT2D eigenvalue weighted by Crippen LogP contribution is 2.15. The molecule has 0 unspecified atom stereocenters. The van der Waals surface area contributed by atoms with E-state index in [1.165, 1.54) is 6.33 Å². The minimum absolute atomic E-state index is 0.0523. The number of hydrogen-bond acceptors (Lipinski definition) is 4. The molecular weight excluding hydrogens is 278 g/mol. The number of benzene rings is 1. The Balaban J connectivity index is 2.09. The van der Waals surface area contributed by atoms with E-state index in [-0.39, 0.29) is 11.6 Å². The van der Waals surface area contributed by atoms with Gasteiger partial charge < -0.3 is 0 Å². The van der Waals surface area contributed by atoms with Crippen molar-refractivity contribution in [1.29, 1.82) is 0 Å². The van der Waals surface area contributed by atoms with Gasteiger partial charge in [0.1, 0.15) is 12.2 Å². The Kier molecular flexibility index (Phi) is 3.75. The lowest BCUT2D eigenvalue weighted by Gasteiger charge is -2.15. The van der Waals surface area contributed by atoms with Crippen LogP contribution in [-0.4, -0.2) is 24.3 Å². The van der Waals surface area contributed by atoms with Gasteiger partial charge in [-0.25, -0.2) is 14.6 Å². The second-order valence-corrected chi connectivity index (χ2v) is 5.49. The zero-order valence-corrected chi connectivity index (χ0v) is 13.0. The summed E-state index contributed by atoms with van der Waals surface area (Å²) in [6.07, 6.45) is 4.09. The second kappa shape index (κ2) is 5.71. The summed E-state index contributed by atoms with van der Waals surface area (Å²) < 4.78 is 3.46. The molecule has 1 atom stereocenters. The predicted molar refractivity (Wildman–Crippen MR) is 84.9 cm³/mol. The summed E-state index contributed by atoms with van der Waals surface area (Å²) in [7, 11) is 0. The molecule has 2 heterocycles. The van der Waals surface area contributed by atoms with Crippen molar-refractivity contribution in [2.45, 2.75) is 39.8 Å². The molecule has 3 rings (SSSR count). The summed E-state index contributed by atoms with van der Waals surface area (Å²) in [5.74, 6) is 0.775. The molecule has 114 valence electrons. The molecule has 2 aromatic heterocycles. The second-order valence-electron chi connectivity index (χ2n) is 5.49. The maximum Gasteiger partial charge on any atom is 0.261 e. The van der Waals surface area contributed by atoms with E-state index < -0.39 is 0 Å². The van der Waals surface area contributed by atoms with Crippen molar-refractivity contribution in [2.24, 2.45) is 0 Å². The summed E-state index contributed by atoms with van der Waals surface area (Å²) in [5, 5.41) is 4.85. The Bertz CT molecular complexity index is 864. The lowest BCUT2D eigenvalue weighted by atomic mass is 10.1. The third kappa shape index (κ3) is 2.41. The first-order chi connectivity index (χ1) is 10.6. The van der Waals surface area contributed by atoms with E-state index in [2.05, 4.69) is 22.0 Å². The van der Waals surface area contributed by atoms with Gasteiger partial charge in [-0.2, -0.15) is 5.10 Å². The monoisotopic (exact) mass is 297 g/mol. The van der Waals surface area contributed by atoms with Gasteiger partial charge in [0, 0.05) is 6.54 Å². The van der Waals surface area contributed by atoms with E-state index in [1.54, 1.807) is 10.9 Å². The van der Waals surface area contributed by atoms with Crippen molar-refractivity contribution in [3.63, 3.8) is 0 Å². The Morgan fingerprint density at radius 2 is 2.09 bits per heavy atom. The van der Waals surface area contributed by atoms with Gasteiger partial charge in [0.2, 0.25) is 0 Å². The van der Waals surface area contributed by atoms with Gasteiger partial charge in [-0.05, 0) is 38.0 Å². The standard InChI is InChI=1S/C16H19N5O/c1-4-7-21-15(17-9-19-21)12(3)20-10-18-14-8-11(2)5-6-13(14)16(20)22/h5-6,8-10,12H,4,7H2,1-3H3/t12-/m1/s1. The molecule has 0 amide bonds. The average molecular weight is 297 g/mol. The number of aryl methyl sites for hydroxylation is 2. The molecule has 0 bridgehead atoms. The van der Waals surface area contributed by atoms with Crippen LogP contribution in [0.2, 0.25) is 0 Å². The fourth-order valence-corrected chi connectivity index (χ4v) is 2.63. The van der Waals surface area contributed by atoms with Crippen molar-refractivity contribution >= 4 is 10.9 Å². The minimum atomic E-state index is -0.209. The predicted octanol–water partition coefficient (Wildman–Crippen LogP) is 2.32. The quantitative estimate of drug-likeness (QED) is 0.741. The first-order valence-corrected chi connectivity index (χ1v) is 7.47. The number of aromatic nitrogens is 5. The molecule has 0 N–H and O–H groups in total. The van der Waals surface area contributed by atoms with Gasteiger partial charge in [0.25, 0.3) is 5.56 Å². The molecule has 0 aliphatic carbocycles. The van der Waals surface area contributed by atoms with E-state index >= 15 is 0 Å². The number of rotatable bonds is 4. The molecule has 0 radical (unpaired) electrons. The van der Waals surface area contributed by atoms with Crippen LogP contribution >= 0.6 is 0 Å². The summed E-state index contributed by atoms with van der Waals surface area (Å²) in [6.45, 7) is 6.80. The van der Waals surface area contributed by atoms with Crippen LogP contribution in [0.4, 0.5) is 0 Å². The van der Waals surface area contributed by atoms with Crippen LogP contribution < -0.4 is 5.56 Å². The van der Waals surface area contributed by atoms with Gasteiger partial charge >= 0.3 is 0 Å². The van der Waals surface area contributed by atoms with E-state index in [1.807, 2.05) is 36.7 Å². The fourth-order valence-electron chi connectivity index (χ4n) is 2.63. The van der Waals surface area contributed by atoms with Gasteiger partial charge in [0.15, 0.2) is 0 Å². The van der Waals surface area contributed by atoms with Crippen LogP contribution in [0, 0.1) is 6.92 Å². The van der Waals surface area contributed by atoms with E-state index in [9.17, 15) is 4.79 Å². The number of nitrogens with zero attached hydrogens (tertiary/aromatic N) is 5. The lowest BCUT2D eigenvalue weighted by Crippen LogP contribution is -2.26. The van der Waals surface area contributed by atoms with Crippen LogP contribution in [0.1, 0.15) is 37.7 Å². The zero-order chi connectivity index (χ0) is 15.7. The van der Waals surface area contributed by atoms with Gasteiger partial charge in [-0.15, -0.1) is 0 Å². The Morgan fingerprint density at radius 3 is 2.86 bits per heavy atom. The molecule has 0 saturated carbocycles. The maximum absolute atomic E-state index is 12.7. The fraction of sp³-hybridized carbons (Fsp3) is 0.375. The molecule has 1 aromatic carbocycles. The first-order valence-electron chi connectivity index (χ1n) is 7.47. The van der Waals surface area contributed by atoms with Crippen molar-refractivity contribution in [3.8, 4) is 0 Å². The van der Waals surface area contributed by atoms with Crippen LogP contribution in [-0.2, 0) is 6.54 Å².